The molecule has 2 aromatic rings. The molecule has 0 aliphatic carbocycles. The predicted molar refractivity (Wildman–Crippen MR) is 87.5 cm³/mol. The van der Waals surface area contributed by atoms with Crippen LogP contribution in [-0.4, -0.2) is 17.5 Å². The van der Waals surface area contributed by atoms with Crippen LogP contribution in [0.5, 0.6) is 0 Å². The fourth-order valence-corrected chi connectivity index (χ4v) is 4.35. The second-order valence-electron chi connectivity index (χ2n) is 5.63. The standard InChI is InChI=1S/C17H23NOS/c1-3-9-18-16(15-8-5-10-20-15)14-11-13-7-4-6-12(2)17(13)19-14/h4,6-7,11,15-16,18H,3,5,8-10H2,1-2H3. The van der Waals surface area contributed by atoms with Gasteiger partial charge >= 0.3 is 0 Å². The van der Waals surface area contributed by atoms with Crippen molar-refractivity contribution in [2.45, 2.75) is 44.4 Å². The van der Waals surface area contributed by atoms with Crippen LogP contribution >= 0.6 is 11.8 Å². The molecule has 0 amide bonds. The highest BCUT2D eigenvalue weighted by molar-refractivity contribution is 8.00. The van der Waals surface area contributed by atoms with E-state index in [4.69, 9.17) is 4.42 Å². The molecule has 0 radical (unpaired) electrons. The van der Waals surface area contributed by atoms with Crippen LogP contribution in [0.1, 0.15) is 43.6 Å². The molecule has 2 heterocycles. The Morgan fingerprint density at radius 2 is 2.35 bits per heavy atom. The molecular weight excluding hydrogens is 266 g/mol. The number of para-hydroxylation sites is 1. The third kappa shape index (κ3) is 2.75. The van der Waals surface area contributed by atoms with Crippen LogP contribution in [0.2, 0.25) is 0 Å². The van der Waals surface area contributed by atoms with Crippen molar-refractivity contribution in [2.24, 2.45) is 0 Å². The predicted octanol–water partition coefficient (Wildman–Crippen LogP) is 4.68. The highest BCUT2D eigenvalue weighted by Crippen LogP contribution is 2.38. The Morgan fingerprint density at radius 1 is 1.45 bits per heavy atom. The van der Waals surface area contributed by atoms with Gasteiger partial charge < -0.3 is 9.73 Å². The van der Waals surface area contributed by atoms with Gasteiger partial charge in [-0.25, -0.2) is 0 Å². The Balaban J connectivity index is 1.93. The number of furan rings is 1. The molecule has 0 saturated carbocycles. The smallest absolute Gasteiger partial charge is 0.137 e. The molecule has 1 aliphatic heterocycles. The average molecular weight is 289 g/mol. The van der Waals surface area contributed by atoms with Crippen molar-refractivity contribution < 1.29 is 4.42 Å². The summed E-state index contributed by atoms with van der Waals surface area (Å²) in [5.74, 6) is 2.40. The van der Waals surface area contributed by atoms with Gasteiger partial charge in [-0.05, 0) is 50.1 Å². The van der Waals surface area contributed by atoms with Crippen LogP contribution in [0.25, 0.3) is 11.0 Å². The molecule has 2 nitrogen and oxygen atoms in total. The molecule has 0 spiro atoms. The van der Waals surface area contributed by atoms with Gasteiger partial charge in [-0.3, -0.25) is 0 Å². The summed E-state index contributed by atoms with van der Waals surface area (Å²) < 4.78 is 6.19. The number of rotatable bonds is 5. The number of nitrogens with one attached hydrogen (secondary N) is 1. The maximum Gasteiger partial charge on any atom is 0.137 e. The van der Waals surface area contributed by atoms with Gasteiger partial charge in [-0.15, -0.1) is 0 Å². The van der Waals surface area contributed by atoms with E-state index in [0.29, 0.717) is 11.3 Å². The van der Waals surface area contributed by atoms with E-state index in [9.17, 15) is 0 Å². The number of thioether (sulfide) groups is 1. The summed E-state index contributed by atoms with van der Waals surface area (Å²) in [5, 5.41) is 5.58. The van der Waals surface area contributed by atoms with E-state index in [0.717, 1.165) is 24.3 Å². The molecule has 108 valence electrons. The number of aryl methyl sites for hydroxylation is 1. The van der Waals surface area contributed by atoms with Gasteiger partial charge in [0.25, 0.3) is 0 Å². The molecule has 1 aromatic carbocycles. The maximum atomic E-state index is 6.19. The number of fused-ring (bicyclic) bond motifs is 1. The van der Waals surface area contributed by atoms with Gasteiger partial charge in [0.05, 0.1) is 6.04 Å². The Morgan fingerprint density at radius 3 is 3.05 bits per heavy atom. The molecule has 3 heteroatoms. The van der Waals surface area contributed by atoms with Crippen molar-refractivity contribution in [2.75, 3.05) is 12.3 Å². The first-order chi connectivity index (χ1) is 9.79. The summed E-state index contributed by atoms with van der Waals surface area (Å²) >= 11 is 2.09. The highest BCUT2D eigenvalue weighted by Gasteiger charge is 2.29. The Kier molecular flexibility index (Phi) is 4.37. The SMILES string of the molecule is CCCNC(c1cc2cccc(C)c2o1)C1CCCS1. The maximum absolute atomic E-state index is 6.19. The van der Waals surface area contributed by atoms with Crippen LogP contribution in [0, 0.1) is 6.92 Å². The molecule has 2 atom stereocenters. The normalized spacial score (nSPS) is 20.6. The lowest BCUT2D eigenvalue weighted by atomic mass is 10.1. The lowest BCUT2D eigenvalue weighted by molar-refractivity contribution is 0.414. The zero-order valence-corrected chi connectivity index (χ0v) is 13.1. The van der Waals surface area contributed by atoms with Crippen molar-refractivity contribution in [3.8, 4) is 0 Å². The highest BCUT2D eigenvalue weighted by atomic mass is 32.2. The number of hydrogen-bond donors (Lipinski definition) is 1. The van der Waals surface area contributed by atoms with Crippen LogP contribution in [0.4, 0.5) is 0 Å². The molecule has 3 rings (SSSR count). The van der Waals surface area contributed by atoms with Crippen LogP contribution in [0.3, 0.4) is 0 Å². The minimum Gasteiger partial charge on any atom is -0.459 e. The summed E-state index contributed by atoms with van der Waals surface area (Å²) in [5.41, 5.74) is 2.27. The summed E-state index contributed by atoms with van der Waals surface area (Å²) in [6.07, 6.45) is 3.79. The molecule has 2 unspecified atom stereocenters. The molecule has 1 N–H and O–H groups in total. The first kappa shape index (κ1) is 14.0. The zero-order valence-electron chi connectivity index (χ0n) is 12.3. The van der Waals surface area contributed by atoms with Crippen molar-refractivity contribution >= 4 is 22.7 Å². The Bertz CT molecular complexity index is 571. The lowest BCUT2D eigenvalue weighted by Crippen LogP contribution is -2.29. The van der Waals surface area contributed by atoms with Crippen LogP contribution in [0.15, 0.2) is 28.7 Å². The number of hydrogen-bond acceptors (Lipinski definition) is 3. The van der Waals surface area contributed by atoms with Crippen LogP contribution < -0.4 is 5.32 Å². The van der Waals surface area contributed by atoms with E-state index in [2.05, 4.69) is 55.2 Å². The molecule has 1 fully saturated rings. The minimum atomic E-state index is 0.356. The molecule has 1 aromatic heterocycles. The summed E-state index contributed by atoms with van der Waals surface area (Å²) in [6.45, 7) is 5.39. The topological polar surface area (TPSA) is 25.2 Å². The minimum absolute atomic E-state index is 0.356. The van der Waals surface area contributed by atoms with E-state index < -0.39 is 0 Å². The van der Waals surface area contributed by atoms with Gasteiger partial charge in [0.1, 0.15) is 11.3 Å². The summed E-state index contributed by atoms with van der Waals surface area (Å²) in [7, 11) is 0. The zero-order chi connectivity index (χ0) is 13.9. The second kappa shape index (κ2) is 6.23. The fraction of sp³-hybridized carbons (Fsp3) is 0.529. The Hall–Kier alpha value is -0.930. The monoisotopic (exact) mass is 289 g/mol. The molecular formula is C17H23NOS. The first-order valence-corrected chi connectivity index (χ1v) is 8.68. The first-order valence-electron chi connectivity index (χ1n) is 7.63. The van der Waals surface area contributed by atoms with Gasteiger partial charge in [0.2, 0.25) is 0 Å². The average Bonchev–Trinajstić information content (AvgIpc) is 3.09. The van der Waals surface area contributed by atoms with E-state index in [1.807, 2.05) is 0 Å². The van der Waals surface area contributed by atoms with Crippen molar-refractivity contribution in [1.82, 2.24) is 5.32 Å². The van der Waals surface area contributed by atoms with Gasteiger partial charge in [0, 0.05) is 10.6 Å². The molecule has 20 heavy (non-hydrogen) atoms. The van der Waals surface area contributed by atoms with Crippen molar-refractivity contribution in [3.63, 3.8) is 0 Å². The largest absolute Gasteiger partial charge is 0.459 e. The summed E-state index contributed by atoms with van der Waals surface area (Å²) in [4.78, 5) is 0. The third-order valence-electron chi connectivity index (χ3n) is 4.02. The van der Waals surface area contributed by atoms with E-state index in [1.54, 1.807) is 0 Å². The van der Waals surface area contributed by atoms with E-state index in [1.165, 1.54) is 29.5 Å². The third-order valence-corrected chi connectivity index (χ3v) is 5.48. The van der Waals surface area contributed by atoms with Crippen molar-refractivity contribution in [3.05, 3.63) is 35.6 Å². The quantitative estimate of drug-likeness (QED) is 0.865. The van der Waals surface area contributed by atoms with Gasteiger partial charge in [0.15, 0.2) is 0 Å². The van der Waals surface area contributed by atoms with E-state index in [-0.39, 0.29) is 0 Å². The van der Waals surface area contributed by atoms with Crippen LogP contribution in [-0.2, 0) is 0 Å². The fourth-order valence-electron chi connectivity index (χ4n) is 2.96. The van der Waals surface area contributed by atoms with Gasteiger partial charge in [-0.2, -0.15) is 11.8 Å². The number of benzene rings is 1. The van der Waals surface area contributed by atoms with E-state index >= 15 is 0 Å². The summed E-state index contributed by atoms with van der Waals surface area (Å²) in [6, 6.07) is 8.96. The lowest BCUT2D eigenvalue weighted by Gasteiger charge is -2.22. The molecule has 0 bridgehead atoms. The van der Waals surface area contributed by atoms with Crippen molar-refractivity contribution in [1.29, 1.82) is 0 Å². The second-order valence-corrected chi connectivity index (χ2v) is 6.97. The molecule has 1 aliphatic rings. The molecule has 1 saturated heterocycles. The van der Waals surface area contributed by atoms with Gasteiger partial charge in [-0.1, -0.05) is 25.1 Å². The Labute approximate surface area is 125 Å².